The molecule has 6 heteroatoms. The highest BCUT2D eigenvalue weighted by atomic mass is 32.1. The highest BCUT2D eigenvalue weighted by molar-refractivity contribution is 7.09. The standard InChI is InChI=1S/C16H19N3O2S/c1-12-4-6-13(7-5-12)9-18-16(21)19-11-15(20)17-10-14-3-2-8-22-14/h2-8H,9-11H2,1H3,(H,17,20)(H2,18,19,21). The van der Waals surface area contributed by atoms with Crippen LogP contribution in [0.5, 0.6) is 0 Å². The third-order valence-electron chi connectivity index (χ3n) is 3.02. The summed E-state index contributed by atoms with van der Waals surface area (Å²) in [4.78, 5) is 24.3. The summed E-state index contributed by atoms with van der Waals surface area (Å²) in [6.07, 6.45) is 0. The van der Waals surface area contributed by atoms with Crippen molar-refractivity contribution >= 4 is 23.3 Å². The summed E-state index contributed by atoms with van der Waals surface area (Å²) in [7, 11) is 0. The summed E-state index contributed by atoms with van der Waals surface area (Å²) in [6, 6.07) is 11.4. The minimum absolute atomic E-state index is 0.0366. The molecule has 0 atom stereocenters. The number of nitrogens with one attached hydrogen (secondary N) is 3. The minimum Gasteiger partial charge on any atom is -0.350 e. The van der Waals surface area contributed by atoms with Gasteiger partial charge in [0.15, 0.2) is 0 Å². The highest BCUT2D eigenvalue weighted by Crippen LogP contribution is 2.07. The van der Waals surface area contributed by atoms with Crippen molar-refractivity contribution in [3.05, 3.63) is 57.8 Å². The second-order valence-corrected chi connectivity index (χ2v) is 5.91. The predicted molar refractivity (Wildman–Crippen MR) is 87.6 cm³/mol. The maximum atomic E-state index is 11.6. The number of hydrogen-bond donors (Lipinski definition) is 3. The van der Waals surface area contributed by atoms with Crippen LogP contribution in [0.15, 0.2) is 41.8 Å². The molecule has 0 fully saturated rings. The van der Waals surface area contributed by atoms with E-state index < -0.39 is 0 Å². The van der Waals surface area contributed by atoms with Gasteiger partial charge in [-0.05, 0) is 23.9 Å². The number of urea groups is 1. The Bertz CT molecular complexity index is 609. The van der Waals surface area contributed by atoms with E-state index >= 15 is 0 Å². The molecule has 0 aliphatic heterocycles. The Morgan fingerprint density at radius 3 is 2.45 bits per heavy atom. The van der Waals surface area contributed by atoms with Crippen LogP contribution < -0.4 is 16.0 Å². The van der Waals surface area contributed by atoms with Crippen LogP contribution in [0.1, 0.15) is 16.0 Å². The zero-order valence-electron chi connectivity index (χ0n) is 12.4. The van der Waals surface area contributed by atoms with E-state index in [0.29, 0.717) is 13.1 Å². The van der Waals surface area contributed by atoms with Crippen LogP contribution in [0.25, 0.3) is 0 Å². The topological polar surface area (TPSA) is 70.2 Å². The molecule has 0 bridgehead atoms. The molecule has 0 radical (unpaired) electrons. The normalized spacial score (nSPS) is 10.0. The Hall–Kier alpha value is -2.34. The van der Waals surface area contributed by atoms with Gasteiger partial charge in [-0.1, -0.05) is 35.9 Å². The molecule has 1 aromatic heterocycles. The first-order chi connectivity index (χ1) is 10.6. The first kappa shape index (κ1) is 16.0. The highest BCUT2D eigenvalue weighted by Gasteiger charge is 2.05. The molecule has 116 valence electrons. The average Bonchev–Trinajstić information content (AvgIpc) is 3.04. The van der Waals surface area contributed by atoms with Gasteiger partial charge >= 0.3 is 6.03 Å². The van der Waals surface area contributed by atoms with Crippen LogP contribution >= 0.6 is 11.3 Å². The molecule has 3 amide bonds. The zero-order valence-corrected chi connectivity index (χ0v) is 13.2. The van der Waals surface area contributed by atoms with Crippen molar-refractivity contribution in [2.75, 3.05) is 6.54 Å². The molecule has 5 nitrogen and oxygen atoms in total. The van der Waals surface area contributed by atoms with Crippen molar-refractivity contribution < 1.29 is 9.59 Å². The minimum atomic E-state index is -0.355. The van der Waals surface area contributed by atoms with Crippen LogP contribution in [-0.4, -0.2) is 18.5 Å². The van der Waals surface area contributed by atoms with Gasteiger partial charge in [-0.3, -0.25) is 4.79 Å². The largest absolute Gasteiger partial charge is 0.350 e. The van der Waals surface area contributed by atoms with Gasteiger partial charge in [0, 0.05) is 11.4 Å². The molecule has 0 unspecified atom stereocenters. The Morgan fingerprint density at radius 1 is 1.00 bits per heavy atom. The first-order valence-corrected chi connectivity index (χ1v) is 7.88. The van der Waals surface area contributed by atoms with Gasteiger partial charge in [-0.25, -0.2) is 4.79 Å². The van der Waals surface area contributed by atoms with E-state index in [1.54, 1.807) is 11.3 Å². The predicted octanol–water partition coefficient (Wildman–Crippen LogP) is 2.17. The van der Waals surface area contributed by atoms with Crippen molar-refractivity contribution in [2.45, 2.75) is 20.0 Å². The van der Waals surface area contributed by atoms with Gasteiger partial charge < -0.3 is 16.0 Å². The maximum absolute atomic E-state index is 11.6. The van der Waals surface area contributed by atoms with Gasteiger partial charge in [-0.2, -0.15) is 0 Å². The Balaban J connectivity index is 1.62. The molecule has 2 rings (SSSR count). The molecule has 22 heavy (non-hydrogen) atoms. The molecule has 0 aliphatic rings. The average molecular weight is 317 g/mol. The fourth-order valence-corrected chi connectivity index (χ4v) is 2.42. The lowest BCUT2D eigenvalue weighted by Gasteiger charge is -2.08. The van der Waals surface area contributed by atoms with Gasteiger partial charge in [0.05, 0.1) is 13.1 Å². The Morgan fingerprint density at radius 2 is 1.77 bits per heavy atom. The van der Waals surface area contributed by atoms with Gasteiger partial charge in [-0.15, -0.1) is 11.3 Å². The number of carbonyl (C=O) groups is 2. The van der Waals surface area contributed by atoms with Crippen molar-refractivity contribution in [2.24, 2.45) is 0 Å². The van der Waals surface area contributed by atoms with E-state index in [1.807, 2.05) is 48.7 Å². The van der Waals surface area contributed by atoms with Gasteiger partial charge in [0.25, 0.3) is 0 Å². The number of benzene rings is 1. The number of amides is 3. The Kier molecular flexibility index (Phi) is 5.97. The summed E-state index contributed by atoms with van der Waals surface area (Å²) in [5.41, 5.74) is 2.19. The van der Waals surface area contributed by atoms with Crippen LogP contribution in [-0.2, 0) is 17.9 Å². The van der Waals surface area contributed by atoms with Crippen LogP contribution in [0.3, 0.4) is 0 Å². The lowest BCUT2D eigenvalue weighted by molar-refractivity contribution is -0.120. The molecular weight excluding hydrogens is 298 g/mol. The summed E-state index contributed by atoms with van der Waals surface area (Å²) in [6.45, 7) is 2.90. The molecule has 0 saturated heterocycles. The van der Waals surface area contributed by atoms with Crippen molar-refractivity contribution in [1.82, 2.24) is 16.0 Å². The van der Waals surface area contributed by atoms with Crippen LogP contribution in [0.4, 0.5) is 4.79 Å². The first-order valence-electron chi connectivity index (χ1n) is 7.00. The SMILES string of the molecule is Cc1ccc(CNC(=O)NCC(=O)NCc2cccs2)cc1. The maximum Gasteiger partial charge on any atom is 0.315 e. The molecule has 0 saturated carbocycles. The summed E-state index contributed by atoms with van der Waals surface area (Å²) in [5, 5.41) is 9.96. The lowest BCUT2D eigenvalue weighted by Crippen LogP contribution is -2.41. The summed E-state index contributed by atoms with van der Waals surface area (Å²) < 4.78 is 0. The van der Waals surface area contributed by atoms with E-state index in [9.17, 15) is 9.59 Å². The Labute approximate surface area is 133 Å². The molecular formula is C16H19N3O2S. The third-order valence-corrected chi connectivity index (χ3v) is 3.90. The van der Waals surface area contributed by atoms with Crippen LogP contribution in [0.2, 0.25) is 0 Å². The van der Waals surface area contributed by atoms with Crippen LogP contribution in [0, 0.1) is 6.92 Å². The monoisotopic (exact) mass is 317 g/mol. The number of carbonyl (C=O) groups excluding carboxylic acids is 2. The molecule has 2 aromatic rings. The molecule has 3 N–H and O–H groups in total. The molecule has 0 spiro atoms. The third kappa shape index (κ3) is 5.57. The fraction of sp³-hybridized carbons (Fsp3) is 0.250. The lowest BCUT2D eigenvalue weighted by atomic mass is 10.1. The van der Waals surface area contributed by atoms with E-state index in [4.69, 9.17) is 0 Å². The molecule has 1 aromatic carbocycles. The van der Waals surface area contributed by atoms with E-state index in [0.717, 1.165) is 10.4 Å². The van der Waals surface area contributed by atoms with Gasteiger partial charge in [0.2, 0.25) is 5.91 Å². The van der Waals surface area contributed by atoms with Crippen molar-refractivity contribution in [1.29, 1.82) is 0 Å². The van der Waals surface area contributed by atoms with Gasteiger partial charge in [0.1, 0.15) is 0 Å². The molecule has 0 aliphatic carbocycles. The van der Waals surface area contributed by atoms with E-state index in [2.05, 4.69) is 16.0 Å². The van der Waals surface area contributed by atoms with Crippen molar-refractivity contribution in [3.8, 4) is 0 Å². The number of aryl methyl sites for hydroxylation is 1. The number of rotatable bonds is 6. The fourth-order valence-electron chi connectivity index (χ4n) is 1.77. The number of hydrogen-bond acceptors (Lipinski definition) is 3. The summed E-state index contributed by atoms with van der Waals surface area (Å²) in [5.74, 6) is -0.209. The quantitative estimate of drug-likeness (QED) is 0.764. The smallest absolute Gasteiger partial charge is 0.315 e. The number of thiophene rings is 1. The van der Waals surface area contributed by atoms with E-state index in [-0.39, 0.29) is 18.5 Å². The molecule has 1 heterocycles. The summed E-state index contributed by atoms with van der Waals surface area (Å²) >= 11 is 1.58. The second-order valence-electron chi connectivity index (χ2n) is 4.88. The zero-order chi connectivity index (χ0) is 15.8. The van der Waals surface area contributed by atoms with Crippen molar-refractivity contribution in [3.63, 3.8) is 0 Å². The second kappa shape index (κ2) is 8.19. The van der Waals surface area contributed by atoms with E-state index in [1.165, 1.54) is 5.56 Å².